The predicted octanol–water partition coefficient (Wildman–Crippen LogP) is 6.49. The van der Waals surface area contributed by atoms with E-state index >= 15 is 0 Å². The molecule has 4 aromatic carbocycles. The summed E-state index contributed by atoms with van der Waals surface area (Å²) in [5, 5.41) is 2.22. The highest BCUT2D eigenvalue weighted by Crippen LogP contribution is 2.21. The van der Waals surface area contributed by atoms with E-state index in [0.717, 1.165) is 22.6 Å². The zero-order valence-corrected chi connectivity index (χ0v) is 14.3. The highest BCUT2D eigenvalue weighted by atomic mass is 16.1. The smallest absolute Gasteiger partial charge is 0.150 e. The molecular weight excluding hydrogens is 316 g/mol. The molecule has 1 nitrogen and oxygen atoms in total. The predicted molar refractivity (Wildman–Crippen MR) is 110 cm³/mol. The summed E-state index contributed by atoms with van der Waals surface area (Å²) in [4.78, 5) is 10.9. The van der Waals surface area contributed by atoms with E-state index in [-0.39, 0.29) is 0 Å². The van der Waals surface area contributed by atoms with E-state index in [4.69, 9.17) is 0 Å². The molecule has 0 spiro atoms. The average molecular weight is 334 g/mol. The van der Waals surface area contributed by atoms with Crippen LogP contribution in [0.25, 0.3) is 34.1 Å². The fraction of sp³-hybridized carbons (Fsp3) is 0. The molecule has 4 aromatic rings. The van der Waals surface area contributed by atoms with Crippen molar-refractivity contribution in [2.45, 2.75) is 0 Å². The Morgan fingerprint density at radius 1 is 0.500 bits per heavy atom. The lowest BCUT2D eigenvalue weighted by atomic mass is 10.0. The number of carbonyl (C=O) groups excluding carboxylic acids is 1. The Balaban J connectivity index is 1.56. The lowest BCUT2D eigenvalue weighted by Crippen LogP contribution is -1.81. The average Bonchev–Trinajstić information content (AvgIpc) is 2.72. The van der Waals surface area contributed by atoms with Crippen molar-refractivity contribution in [3.63, 3.8) is 0 Å². The first kappa shape index (κ1) is 16.0. The topological polar surface area (TPSA) is 17.1 Å². The molecule has 0 atom stereocenters. The number of fused-ring (bicyclic) bond motifs is 1. The van der Waals surface area contributed by atoms with Gasteiger partial charge in [-0.2, -0.15) is 0 Å². The molecular formula is C25H18O. The third-order valence-corrected chi connectivity index (χ3v) is 4.51. The second-order valence-corrected chi connectivity index (χ2v) is 6.31. The van der Waals surface area contributed by atoms with Gasteiger partial charge in [0.05, 0.1) is 0 Å². The van der Waals surface area contributed by atoms with Gasteiger partial charge in [-0.05, 0) is 45.2 Å². The third kappa shape index (κ3) is 3.47. The van der Waals surface area contributed by atoms with Crippen LogP contribution in [0.2, 0.25) is 0 Å². The van der Waals surface area contributed by atoms with Crippen LogP contribution in [0.4, 0.5) is 0 Å². The summed E-state index contributed by atoms with van der Waals surface area (Å²) < 4.78 is 0. The minimum Gasteiger partial charge on any atom is -0.298 e. The summed E-state index contributed by atoms with van der Waals surface area (Å²) in [6.45, 7) is 0. The molecule has 0 aromatic heterocycles. The van der Waals surface area contributed by atoms with Gasteiger partial charge in [-0.25, -0.2) is 0 Å². The SMILES string of the molecule is O=Cc1ccc2cc(/C=C/c3ccc(-c4ccccc4)cc3)ccc2c1. The maximum absolute atomic E-state index is 10.9. The van der Waals surface area contributed by atoms with Crippen LogP contribution in [0.15, 0.2) is 91.0 Å². The second kappa shape index (κ2) is 7.20. The monoisotopic (exact) mass is 334 g/mol. The Morgan fingerprint density at radius 2 is 1.04 bits per heavy atom. The summed E-state index contributed by atoms with van der Waals surface area (Å²) in [7, 11) is 0. The van der Waals surface area contributed by atoms with Crippen LogP contribution in [0, 0.1) is 0 Å². The Kier molecular flexibility index (Phi) is 4.44. The van der Waals surface area contributed by atoms with E-state index in [9.17, 15) is 4.79 Å². The van der Waals surface area contributed by atoms with Gasteiger partial charge in [0.2, 0.25) is 0 Å². The highest BCUT2D eigenvalue weighted by Gasteiger charge is 1.98. The van der Waals surface area contributed by atoms with Crippen molar-refractivity contribution in [3.8, 4) is 11.1 Å². The van der Waals surface area contributed by atoms with Gasteiger partial charge in [0, 0.05) is 5.56 Å². The van der Waals surface area contributed by atoms with Gasteiger partial charge in [-0.15, -0.1) is 0 Å². The first-order valence-corrected chi connectivity index (χ1v) is 8.64. The Hall–Kier alpha value is -3.45. The van der Waals surface area contributed by atoms with Crippen LogP contribution in [-0.2, 0) is 0 Å². The summed E-state index contributed by atoms with van der Waals surface area (Å²) in [5.74, 6) is 0. The summed E-state index contributed by atoms with van der Waals surface area (Å²) in [5.41, 5.74) is 5.47. The number of aldehydes is 1. The van der Waals surface area contributed by atoms with Gasteiger partial charge >= 0.3 is 0 Å². The van der Waals surface area contributed by atoms with Crippen LogP contribution >= 0.6 is 0 Å². The number of hydrogen-bond acceptors (Lipinski definition) is 1. The molecule has 124 valence electrons. The molecule has 0 aliphatic carbocycles. The van der Waals surface area contributed by atoms with Gasteiger partial charge in [0.1, 0.15) is 6.29 Å². The van der Waals surface area contributed by atoms with Gasteiger partial charge in [0.25, 0.3) is 0 Å². The molecule has 0 N–H and O–H groups in total. The summed E-state index contributed by atoms with van der Waals surface area (Å²) >= 11 is 0. The normalized spacial score (nSPS) is 11.1. The minimum atomic E-state index is 0.708. The van der Waals surface area contributed by atoms with Gasteiger partial charge in [-0.3, -0.25) is 4.79 Å². The molecule has 0 aliphatic heterocycles. The van der Waals surface area contributed by atoms with Gasteiger partial charge in [0.15, 0.2) is 0 Å². The zero-order valence-electron chi connectivity index (χ0n) is 14.3. The molecule has 1 heteroatoms. The molecule has 26 heavy (non-hydrogen) atoms. The molecule has 0 amide bonds. The maximum Gasteiger partial charge on any atom is 0.150 e. The highest BCUT2D eigenvalue weighted by molar-refractivity contribution is 5.90. The van der Waals surface area contributed by atoms with E-state index in [0.29, 0.717) is 5.56 Å². The second-order valence-electron chi connectivity index (χ2n) is 6.31. The standard InChI is InChI=1S/C25H18O/c26-18-21-11-15-24-16-20(10-14-25(24)17-21)7-6-19-8-12-23(13-9-19)22-4-2-1-3-5-22/h1-18H/b7-6+. The van der Waals surface area contributed by atoms with Crippen molar-refractivity contribution in [1.82, 2.24) is 0 Å². The molecule has 0 radical (unpaired) electrons. The van der Waals surface area contributed by atoms with E-state index in [1.54, 1.807) is 0 Å². The first-order chi connectivity index (χ1) is 12.8. The summed E-state index contributed by atoms with van der Waals surface area (Å²) in [6, 6.07) is 31.0. The molecule has 0 fully saturated rings. The van der Waals surface area contributed by atoms with Crippen molar-refractivity contribution in [3.05, 3.63) is 108 Å². The number of benzene rings is 4. The third-order valence-electron chi connectivity index (χ3n) is 4.51. The van der Waals surface area contributed by atoms with E-state index < -0.39 is 0 Å². The Labute approximate surface area is 153 Å². The lowest BCUT2D eigenvalue weighted by Gasteiger charge is -2.03. The Morgan fingerprint density at radius 3 is 1.73 bits per heavy atom. The molecule has 0 aliphatic rings. The van der Waals surface area contributed by atoms with Crippen molar-refractivity contribution in [2.24, 2.45) is 0 Å². The largest absolute Gasteiger partial charge is 0.298 e. The fourth-order valence-corrected chi connectivity index (χ4v) is 3.07. The van der Waals surface area contributed by atoms with Crippen molar-refractivity contribution < 1.29 is 4.79 Å². The first-order valence-electron chi connectivity index (χ1n) is 8.64. The molecule has 0 unspecified atom stereocenters. The van der Waals surface area contributed by atoms with Crippen molar-refractivity contribution in [1.29, 1.82) is 0 Å². The zero-order chi connectivity index (χ0) is 17.8. The fourth-order valence-electron chi connectivity index (χ4n) is 3.07. The van der Waals surface area contributed by atoms with Crippen molar-refractivity contribution >= 4 is 29.2 Å². The molecule has 0 saturated carbocycles. The Bertz CT molecular complexity index is 1070. The van der Waals surface area contributed by atoms with Crippen LogP contribution in [-0.4, -0.2) is 6.29 Å². The summed E-state index contributed by atoms with van der Waals surface area (Å²) in [6.07, 6.45) is 5.12. The minimum absolute atomic E-state index is 0.708. The molecule has 4 rings (SSSR count). The van der Waals surface area contributed by atoms with Crippen molar-refractivity contribution in [2.75, 3.05) is 0 Å². The van der Waals surface area contributed by atoms with Gasteiger partial charge < -0.3 is 0 Å². The van der Waals surface area contributed by atoms with Crippen LogP contribution in [0.1, 0.15) is 21.5 Å². The number of rotatable bonds is 4. The number of carbonyl (C=O) groups is 1. The van der Waals surface area contributed by atoms with E-state index in [1.807, 2.05) is 24.3 Å². The van der Waals surface area contributed by atoms with Gasteiger partial charge in [-0.1, -0.05) is 91.0 Å². The van der Waals surface area contributed by atoms with Crippen LogP contribution in [0.3, 0.4) is 0 Å². The van der Waals surface area contributed by atoms with E-state index in [2.05, 4.69) is 78.9 Å². The maximum atomic E-state index is 10.9. The van der Waals surface area contributed by atoms with Crippen LogP contribution < -0.4 is 0 Å². The van der Waals surface area contributed by atoms with E-state index in [1.165, 1.54) is 16.7 Å². The molecule has 0 bridgehead atoms. The molecule has 0 saturated heterocycles. The quantitative estimate of drug-likeness (QED) is 0.308. The van der Waals surface area contributed by atoms with Crippen LogP contribution in [0.5, 0.6) is 0 Å². The number of hydrogen-bond donors (Lipinski definition) is 0. The molecule has 0 heterocycles. The lowest BCUT2D eigenvalue weighted by molar-refractivity contribution is 0.112.